The molecule has 1 fully saturated rings. The molecule has 0 atom stereocenters. The van der Waals surface area contributed by atoms with E-state index in [2.05, 4.69) is 38.3 Å². The van der Waals surface area contributed by atoms with E-state index in [9.17, 15) is 0 Å². The normalized spacial score (nSPS) is 22.3. The maximum absolute atomic E-state index is 4.53. The third-order valence-electron chi connectivity index (χ3n) is 2.18. The Morgan fingerprint density at radius 1 is 1.36 bits per heavy atom. The van der Waals surface area contributed by atoms with Crippen LogP contribution in [0.25, 0.3) is 0 Å². The van der Waals surface area contributed by atoms with Gasteiger partial charge >= 0.3 is 0 Å². The first-order chi connectivity index (χ1) is 5.27. The Balaban J connectivity index is 2.42. The Bertz CT molecular complexity index is 169. The fraction of sp³-hybridized carbons (Fsp3) is 0.875. The van der Waals surface area contributed by atoms with E-state index in [4.69, 9.17) is 0 Å². The molecule has 0 aromatic heterocycles. The molecule has 1 rings (SSSR count). The van der Waals surface area contributed by atoms with E-state index in [1.807, 2.05) is 0 Å². The first kappa shape index (κ1) is 9.37. The summed E-state index contributed by atoms with van der Waals surface area (Å²) in [7, 11) is 0. The topological polar surface area (TPSA) is 12.4 Å². The first-order valence-electron chi connectivity index (χ1n) is 3.99. The van der Waals surface area contributed by atoms with Crippen LogP contribution in [0.4, 0.5) is 0 Å². The highest BCUT2D eigenvalue weighted by molar-refractivity contribution is 9.10. The molecule has 0 aromatic rings. The zero-order valence-corrected chi connectivity index (χ0v) is 8.88. The zero-order valence-electron chi connectivity index (χ0n) is 6.48. The molecule has 0 radical (unpaired) electrons. The second-order valence-electron chi connectivity index (χ2n) is 3.12. The van der Waals surface area contributed by atoms with E-state index in [1.165, 1.54) is 32.1 Å². The minimum atomic E-state index is 0.247. The Morgan fingerprint density at radius 2 is 2.00 bits per heavy atom. The molecule has 0 heterocycles. The fourth-order valence-electron chi connectivity index (χ4n) is 1.52. The van der Waals surface area contributed by atoms with Gasteiger partial charge in [-0.25, -0.2) is 4.99 Å². The number of rotatable bonds is 2. The predicted octanol–water partition coefficient (Wildman–Crippen LogP) is 3.19. The third-order valence-corrected chi connectivity index (χ3v) is 3.35. The average molecular weight is 234 g/mol. The van der Waals surface area contributed by atoms with Crippen molar-refractivity contribution in [3.05, 3.63) is 0 Å². The highest BCUT2D eigenvalue weighted by atomic mass is 79.9. The molecule has 11 heavy (non-hydrogen) atoms. The number of hydrogen-bond acceptors (Lipinski definition) is 2. The molecule has 0 aliphatic heterocycles. The van der Waals surface area contributed by atoms with Crippen LogP contribution in [0.15, 0.2) is 4.99 Å². The summed E-state index contributed by atoms with van der Waals surface area (Å²) in [5.74, 6) is 0. The van der Waals surface area contributed by atoms with Crippen molar-refractivity contribution in [2.45, 2.75) is 36.4 Å². The summed E-state index contributed by atoms with van der Waals surface area (Å²) in [6.07, 6.45) is 6.46. The van der Waals surface area contributed by atoms with Crippen LogP contribution in [0.3, 0.4) is 0 Å². The van der Waals surface area contributed by atoms with Crippen LogP contribution >= 0.6 is 28.1 Å². The van der Waals surface area contributed by atoms with Gasteiger partial charge in [0.1, 0.15) is 0 Å². The smallest absolute Gasteiger partial charge is 0.0646 e. The van der Waals surface area contributed by atoms with Gasteiger partial charge in [0, 0.05) is 4.32 Å². The molecule has 1 saturated carbocycles. The number of nitrogens with zero attached hydrogens (tertiary/aromatic N) is 1. The second-order valence-corrected chi connectivity index (χ2v) is 4.98. The van der Waals surface area contributed by atoms with Crippen LogP contribution in [0, 0.1) is 0 Å². The zero-order chi connectivity index (χ0) is 8.16. The SMILES string of the molecule is S=C=NCC1(Br)CCCCC1. The maximum atomic E-state index is 4.53. The minimum absolute atomic E-state index is 0.247. The number of hydrogen-bond donors (Lipinski definition) is 0. The summed E-state index contributed by atoms with van der Waals surface area (Å²) in [4.78, 5) is 3.99. The van der Waals surface area contributed by atoms with E-state index in [0.717, 1.165) is 6.54 Å². The number of thiocarbonyl (C=S) groups is 1. The second kappa shape index (κ2) is 4.34. The van der Waals surface area contributed by atoms with Crippen molar-refractivity contribution >= 4 is 33.3 Å². The van der Waals surface area contributed by atoms with Crippen molar-refractivity contribution in [3.63, 3.8) is 0 Å². The van der Waals surface area contributed by atoms with Crippen molar-refractivity contribution in [1.82, 2.24) is 0 Å². The maximum Gasteiger partial charge on any atom is 0.0646 e. The molecular weight excluding hydrogens is 222 g/mol. The Morgan fingerprint density at radius 3 is 2.55 bits per heavy atom. The number of halogens is 1. The minimum Gasteiger partial charge on any atom is -0.231 e. The molecule has 1 nitrogen and oxygen atoms in total. The van der Waals surface area contributed by atoms with Crippen molar-refractivity contribution in [3.8, 4) is 0 Å². The lowest BCUT2D eigenvalue weighted by Crippen LogP contribution is -2.27. The van der Waals surface area contributed by atoms with E-state index in [-0.39, 0.29) is 4.32 Å². The lowest BCUT2D eigenvalue weighted by molar-refractivity contribution is 0.413. The van der Waals surface area contributed by atoms with Gasteiger partial charge in [0.25, 0.3) is 0 Å². The van der Waals surface area contributed by atoms with E-state index < -0.39 is 0 Å². The molecule has 3 heteroatoms. The number of isothiocyanates is 1. The molecular formula is C8H12BrNS. The van der Waals surface area contributed by atoms with Crippen molar-refractivity contribution in [2.75, 3.05) is 6.54 Å². The predicted molar refractivity (Wildman–Crippen MR) is 54.6 cm³/mol. The molecule has 0 N–H and O–H groups in total. The number of aliphatic imine (C=N–C) groups is 1. The van der Waals surface area contributed by atoms with Gasteiger partial charge in [0.15, 0.2) is 0 Å². The molecule has 0 aromatic carbocycles. The largest absolute Gasteiger partial charge is 0.231 e. The Kier molecular flexibility index (Phi) is 3.70. The first-order valence-corrected chi connectivity index (χ1v) is 5.19. The highest BCUT2D eigenvalue weighted by Crippen LogP contribution is 2.35. The van der Waals surface area contributed by atoms with Gasteiger partial charge in [-0.1, -0.05) is 35.2 Å². The van der Waals surface area contributed by atoms with Crippen LogP contribution in [0.1, 0.15) is 32.1 Å². The van der Waals surface area contributed by atoms with Gasteiger partial charge in [-0.05, 0) is 25.1 Å². The molecule has 62 valence electrons. The number of alkyl halides is 1. The molecule has 0 unspecified atom stereocenters. The Labute approximate surface area is 81.4 Å². The molecule has 0 spiro atoms. The van der Waals surface area contributed by atoms with Gasteiger partial charge in [0.2, 0.25) is 0 Å². The summed E-state index contributed by atoms with van der Waals surface area (Å²) in [5, 5.41) is 2.42. The summed E-state index contributed by atoms with van der Waals surface area (Å²) in [6.45, 7) is 0.802. The van der Waals surface area contributed by atoms with Crippen molar-refractivity contribution in [1.29, 1.82) is 0 Å². The van der Waals surface area contributed by atoms with Crippen LogP contribution in [0.5, 0.6) is 0 Å². The van der Waals surface area contributed by atoms with Crippen molar-refractivity contribution in [2.24, 2.45) is 4.99 Å². The molecule has 1 aliphatic rings. The van der Waals surface area contributed by atoms with Gasteiger partial charge in [-0.3, -0.25) is 0 Å². The molecule has 0 bridgehead atoms. The van der Waals surface area contributed by atoms with Crippen LogP contribution in [-0.2, 0) is 0 Å². The fourth-order valence-corrected chi connectivity index (χ4v) is 2.27. The van der Waals surface area contributed by atoms with Gasteiger partial charge in [0.05, 0.1) is 11.7 Å². The van der Waals surface area contributed by atoms with Crippen LogP contribution < -0.4 is 0 Å². The van der Waals surface area contributed by atoms with Crippen molar-refractivity contribution < 1.29 is 0 Å². The van der Waals surface area contributed by atoms with Crippen LogP contribution in [-0.4, -0.2) is 16.0 Å². The van der Waals surface area contributed by atoms with E-state index in [0.29, 0.717) is 0 Å². The van der Waals surface area contributed by atoms with Gasteiger partial charge in [-0.15, -0.1) is 0 Å². The third kappa shape index (κ3) is 3.02. The summed E-state index contributed by atoms with van der Waals surface area (Å²) >= 11 is 8.25. The monoisotopic (exact) mass is 233 g/mol. The summed E-state index contributed by atoms with van der Waals surface area (Å²) in [5.41, 5.74) is 0. The lowest BCUT2D eigenvalue weighted by Gasteiger charge is -2.29. The van der Waals surface area contributed by atoms with E-state index in [1.54, 1.807) is 0 Å². The average Bonchev–Trinajstić information content (AvgIpc) is 2.03. The molecule has 0 amide bonds. The van der Waals surface area contributed by atoms with Gasteiger partial charge < -0.3 is 0 Å². The summed E-state index contributed by atoms with van der Waals surface area (Å²) in [6, 6.07) is 0. The van der Waals surface area contributed by atoms with Crippen LogP contribution in [0.2, 0.25) is 0 Å². The van der Waals surface area contributed by atoms with E-state index >= 15 is 0 Å². The highest BCUT2D eigenvalue weighted by Gasteiger charge is 2.28. The molecule has 0 saturated heterocycles. The molecule has 1 aliphatic carbocycles. The van der Waals surface area contributed by atoms with Gasteiger partial charge in [-0.2, -0.15) is 0 Å². The lowest BCUT2D eigenvalue weighted by atomic mass is 9.89. The summed E-state index contributed by atoms with van der Waals surface area (Å²) < 4.78 is 0.247. The quantitative estimate of drug-likeness (QED) is 0.406. The Hall–Kier alpha value is 0.280. The standard InChI is InChI=1S/C8H12BrNS/c9-8(6-10-7-11)4-2-1-3-5-8/h1-6H2.